The highest BCUT2D eigenvalue weighted by Gasteiger charge is 2.05. The fourth-order valence-electron chi connectivity index (χ4n) is 1.58. The number of nitrogens with zero attached hydrogens (tertiary/aromatic N) is 1. The highest BCUT2D eigenvalue weighted by Crippen LogP contribution is 2.09. The van der Waals surface area contributed by atoms with Crippen LogP contribution in [-0.4, -0.2) is 30.4 Å². The first-order valence-electron chi connectivity index (χ1n) is 6.27. The predicted octanol–water partition coefficient (Wildman–Crippen LogP) is 1.95. The molecule has 0 heterocycles. The van der Waals surface area contributed by atoms with Crippen LogP contribution in [0.15, 0.2) is 24.3 Å². The van der Waals surface area contributed by atoms with Crippen molar-refractivity contribution in [1.29, 1.82) is 0 Å². The predicted molar refractivity (Wildman–Crippen MR) is 88.4 cm³/mol. The van der Waals surface area contributed by atoms with Crippen LogP contribution in [0.25, 0.3) is 0 Å². The second kappa shape index (κ2) is 10.9. The lowest BCUT2D eigenvalue weighted by atomic mass is 10.1. The number of hydrogen-bond acceptors (Lipinski definition) is 3. The van der Waals surface area contributed by atoms with E-state index in [0.717, 1.165) is 12.1 Å². The van der Waals surface area contributed by atoms with E-state index in [1.54, 1.807) is 0 Å². The number of benzene rings is 1. The molecule has 1 aromatic rings. The largest absolute Gasteiger partial charge is 0.351 e. The van der Waals surface area contributed by atoms with Gasteiger partial charge in [-0.3, -0.25) is 9.69 Å². The molecule has 116 valence electrons. The monoisotopic (exact) mass is 321 g/mol. The first kappa shape index (κ1) is 21.5. The van der Waals surface area contributed by atoms with Crippen molar-refractivity contribution in [3.05, 3.63) is 35.4 Å². The van der Waals surface area contributed by atoms with Crippen LogP contribution in [0.3, 0.4) is 0 Å². The zero-order valence-electron chi connectivity index (χ0n) is 12.3. The molecule has 0 atom stereocenters. The maximum absolute atomic E-state index is 11.1. The summed E-state index contributed by atoms with van der Waals surface area (Å²) in [7, 11) is 2.10. The maximum atomic E-state index is 11.1. The number of amides is 1. The zero-order chi connectivity index (χ0) is 13.5. The van der Waals surface area contributed by atoms with E-state index in [1.165, 1.54) is 5.56 Å². The van der Waals surface area contributed by atoms with Crippen LogP contribution in [0, 0.1) is 0 Å². The second-order valence-corrected chi connectivity index (χ2v) is 4.81. The number of carbonyl (C=O) groups excluding carboxylic acids is 1. The molecule has 1 rings (SSSR count). The Morgan fingerprint density at radius 3 is 2.45 bits per heavy atom. The van der Waals surface area contributed by atoms with E-state index in [2.05, 4.69) is 43.2 Å². The molecule has 0 unspecified atom stereocenters. The minimum Gasteiger partial charge on any atom is -0.351 e. The summed E-state index contributed by atoms with van der Waals surface area (Å²) < 4.78 is 0. The highest BCUT2D eigenvalue weighted by molar-refractivity contribution is 5.85. The van der Waals surface area contributed by atoms with Gasteiger partial charge in [-0.05, 0) is 32.0 Å². The van der Waals surface area contributed by atoms with Crippen molar-refractivity contribution in [2.75, 3.05) is 13.6 Å². The Morgan fingerprint density at radius 1 is 1.30 bits per heavy atom. The lowest BCUT2D eigenvalue weighted by Gasteiger charge is -2.21. The summed E-state index contributed by atoms with van der Waals surface area (Å²) in [4.78, 5) is 13.4. The maximum Gasteiger partial charge on any atom is 0.234 e. The molecule has 1 amide bonds. The number of halogens is 2. The summed E-state index contributed by atoms with van der Waals surface area (Å²) in [5.74, 6) is -0.125. The van der Waals surface area contributed by atoms with Gasteiger partial charge in [0.05, 0.1) is 6.54 Å². The molecule has 0 radical (unpaired) electrons. The quantitative estimate of drug-likeness (QED) is 0.842. The Balaban J connectivity index is 0. The first-order chi connectivity index (χ1) is 8.52. The summed E-state index contributed by atoms with van der Waals surface area (Å²) in [6, 6.07) is 8.77. The molecular weight excluding hydrogens is 297 g/mol. The Bertz CT molecular complexity index is 400. The summed E-state index contributed by atoms with van der Waals surface area (Å²) in [6.07, 6.45) is 0. The third-order valence-corrected chi connectivity index (χ3v) is 2.98. The van der Waals surface area contributed by atoms with Gasteiger partial charge in [-0.25, -0.2) is 0 Å². The molecule has 0 saturated heterocycles. The third kappa shape index (κ3) is 7.70. The van der Waals surface area contributed by atoms with Crippen LogP contribution in [0.5, 0.6) is 0 Å². The van der Waals surface area contributed by atoms with Crippen LogP contribution in [0.4, 0.5) is 0 Å². The minimum atomic E-state index is -0.125. The summed E-state index contributed by atoms with van der Waals surface area (Å²) in [6.45, 7) is 5.83. The molecule has 0 aliphatic heterocycles. The van der Waals surface area contributed by atoms with Gasteiger partial charge in [-0.1, -0.05) is 24.3 Å². The van der Waals surface area contributed by atoms with Crippen molar-refractivity contribution in [3.63, 3.8) is 0 Å². The Hall–Kier alpha value is -0.810. The van der Waals surface area contributed by atoms with Gasteiger partial charge in [0.1, 0.15) is 0 Å². The number of carbonyl (C=O) groups is 1. The normalized spacial score (nSPS) is 9.90. The molecular formula is C14H25Cl2N3O. The molecule has 4 nitrogen and oxygen atoms in total. The topological polar surface area (TPSA) is 58.4 Å². The van der Waals surface area contributed by atoms with Crippen LogP contribution in [0.2, 0.25) is 0 Å². The SMILES string of the molecule is CC(C)N(C)Cc1cccc(CNC(=O)CN)c1.Cl.Cl. The van der Waals surface area contributed by atoms with Gasteiger partial charge in [0.2, 0.25) is 5.91 Å². The van der Waals surface area contributed by atoms with Crippen LogP contribution >= 0.6 is 24.8 Å². The van der Waals surface area contributed by atoms with E-state index in [1.807, 2.05) is 12.1 Å². The Morgan fingerprint density at radius 2 is 1.90 bits per heavy atom. The van der Waals surface area contributed by atoms with Gasteiger partial charge >= 0.3 is 0 Å². The van der Waals surface area contributed by atoms with Crippen molar-refractivity contribution in [2.45, 2.75) is 33.0 Å². The smallest absolute Gasteiger partial charge is 0.234 e. The van der Waals surface area contributed by atoms with Crippen LogP contribution in [0.1, 0.15) is 25.0 Å². The molecule has 20 heavy (non-hydrogen) atoms. The molecule has 0 bridgehead atoms. The van der Waals surface area contributed by atoms with Gasteiger partial charge < -0.3 is 11.1 Å². The second-order valence-electron chi connectivity index (χ2n) is 4.81. The van der Waals surface area contributed by atoms with E-state index in [0.29, 0.717) is 12.6 Å². The van der Waals surface area contributed by atoms with Gasteiger partial charge in [0.25, 0.3) is 0 Å². The van der Waals surface area contributed by atoms with Crippen molar-refractivity contribution >= 4 is 30.7 Å². The summed E-state index contributed by atoms with van der Waals surface area (Å²) >= 11 is 0. The van der Waals surface area contributed by atoms with Gasteiger partial charge in [-0.2, -0.15) is 0 Å². The van der Waals surface area contributed by atoms with Gasteiger partial charge in [0.15, 0.2) is 0 Å². The fourth-order valence-corrected chi connectivity index (χ4v) is 1.58. The zero-order valence-corrected chi connectivity index (χ0v) is 13.9. The molecule has 3 N–H and O–H groups in total. The van der Waals surface area contributed by atoms with E-state index in [9.17, 15) is 4.79 Å². The number of rotatable bonds is 6. The van der Waals surface area contributed by atoms with E-state index >= 15 is 0 Å². The van der Waals surface area contributed by atoms with Crippen LogP contribution in [-0.2, 0) is 17.9 Å². The lowest BCUT2D eigenvalue weighted by molar-refractivity contribution is -0.119. The van der Waals surface area contributed by atoms with Crippen molar-refractivity contribution in [1.82, 2.24) is 10.2 Å². The van der Waals surface area contributed by atoms with E-state index < -0.39 is 0 Å². The molecule has 1 aromatic carbocycles. The van der Waals surface area contributed by atoms with Crippen molar-refractivity contribution in [2.24, 2.45) is 5.73 Å². The van der Waals surface area contributed by atoms with Crippen molar-refractivity contribution < 1.29 is 4.79 Å². The first-order valence-corrected chi connectivity index (χ1v) is 6.27. The third-order valence-electron chi connectivity index (χ3n) is 2.98. The minimum absolute atomic E-state index is 0. The summed E-state index contributed by atoms with van der Waals surface area (Å²) in [5, 5.41) is 2.77. The van der Waals surface area contributed by atoms with Crippen molar-refractivity contribution in [3.8, 4) is 0 Å². The highest BCUT2D eigenvalue weighted by atomic mass is 35.5. The molecule has 0 aliphatic carbocycles. The standard InChI is InChI=1S/C14H23N3O.2ClH/c1-11(2)17(3)10-13-6-4-5-12(7-13)9-16-14(18)8-15;;/h4-7,11H,8-10,15H2,1-3H3,(H,16,18);2*1H. The lowest BCUT2D eigenvalue weighted by Crippen LogP contribution is -2.29. The van der Waals surface area contributed by atoms with E-state index in [-0.39, 0.29) is 37.3 Å². The number of nitrogens with two attached hydrogens (primary N) is 1. The fraction of sp³-hybridized carbons (Fsp3) is 0.500. The molecule has 0 aromatic heterocycles. The van der Waals surface area contributed by atoms with Gasteiger partial charge in [0, 0.05) is 19.1 Å². The number of hydrogen-bond donors (Lipinski definition) is 2. The number of nitrogens with one attached hydrogen (secondary N) is 1. The van der Waals surface area contributed by atoms with E-state index in [4.69, 9.17) is 5.73 Å². The average Bonchev–Trinajstić information content (AvgIpc) is 2.36. The van der Waals surface area contributed by atoms with Crippen LogP contribution < -0.4 is 11.1 Å². The Labute approximate surface area is 133 Å². The Kier molecular flexibility index (Phi) is 11.7. The molecule has 0 saturated carbocycles. The molecule has 0 spiro atoms. The molecule has 0 fully saturated rings. The van der Waals surface area contributed by atoms with Gasteiger partial charge in [-0.15, -0.1) is 24.8 Å². The molecule has 6 heteroatoms. The summed E-state index contributed by atoms with van der Waals surface area (Å²) in [5.41, 5.74) is 7.61. The average molecular weight is 322 g/mol. The molecule has 0 aliphatic rings.